The molecule has 15 rings (SSSR count). The number of phenolic OH excluding ortho intramolecular Hbond substituents is 2. The first-order valence-corrected chi connectivity index (χ1v) is 56.9. The maximum atomic E-state index is 13.5. The Kier molecular flexibility index (Phi) is 39.4. The van der Waals surface area contributed by atoms with Gasteiger partial charge in [0.25, 0.3) is 0 Å². The van der Waals surface area contributed by atoms with Gasteiger partial charge in [-0.15, -0.1) is 0 Å². The summed E-state index contributed by atoms with van der Waals surface area (Å²) < 4.78 is 0. The molecule has 1 aliphatic carbocycles. The van der Waals surface area contributed by atoms with Crippen LogP contribution in [0.3, 0.4) is 0 Å². The molecule has 0 radical (unpaired) electrons. The number of benzene rings is 14. The van der Waals surface area contributed by atoms with Gasteiger partial charge in [-0.2, -0.15) is 0 Å². The zero-order valence-electron chi connectivity index (χ0n) is 92.8. The number of anilines is 14. The molecule has 0 spiro atoms. The predicted molar refractivity (Wildman–Crippen MR) is 651 cm³/mol. The van der Waals surface area contributed by atoms with Crippen LogP contribution in [-0.2, 0) is 0 Å². The molecule has 0 saturated carbocycles. The molecular weight excluding hydrogens is 1840 g/mol. The average Bonchev–Trinajstić information content (AvgIpc) is 0.727. The number of hydrogen-bond donors (Lipinski definition) is 4. The molecule has 784 valence electrons. The molecule has 1 aliphatic rings. The smallest absolute Gasteiger partial charge is 0.139 e. The third-order valence-corrected chi connectivity index (χ3v) is 29.1. The van der Waals surface area contributed by atoms with Gasteiger partial charge in [0.1, 0.15) is 23.0 Å². The van der Waals surface area contributed by atoms with Crippen LogP contribution in [-0.4, -0.2) is 125 Å². The molecule has 0 saturated heterocycles. The van der Waals surface area contributed by atoms with Crippen molar-refractivity contribution < 1.29 is 20.4 Å². The van der Waals surface area contributed by atoms with E-state index in [0.29, 0.717) is 11.4 Å². The molecule has 0 atom stereocenters. The number of aromatic hydroxyl groups is 2. The zero-order valence-corrected chi connectivity index (χ0v) is 92.8. The van der Waals surface area contributed by atoms with Crippen molar-refractivity contribution in [3.05, 3.63) is 326 Å². The predicted octanol–water partition coefficient (Wildman–Crippen LogP) is 36.6. The van der Waals surface area contributed by atoms with Crippen molar-refractivity contribution in [1.82, 2.24) is 0 Å². The summed E-state index contributed by atoms with van der Waals surface area (Å²) in [7, 11) is 0. The maximum absolute atomic E-state index is 13.5. The summed E-state index contributed by atoms with van der Waals surface area (Å²) in [5, 5.41) is 53.3. The first-order valence-electron chi connectivity index (χ1n) is 56.9. The summed E-state index contributed by atoms with van der Waals surface area (Å²) in [6.07, 6.45) is 16.0. The minimum atomic E-state index is -0.264. The monoisotopic (exact) mass is 2000 g/mol. The normalized spacial score (nSPS) is 11.8. The summed E-state index contributed by atoms with van der Waals surface area (Å²) >= 11 is 0. The Bertz CT molecular complexity index is 5880. The van der Waals surface area contributed by atoms with Crippen LogP contribution in [0.2, 0.25) is 0 Å². The molecule has 14 aromatic carbocycles. The summed E-state index contributed by atoms with van der Waals surface area (Å²) in [5.74, 6) is -0.856. The van der Waals surface area contributed by atoms with Gasteiger partial charge in [-0.25, -0.2) is 0 Å². The Balaban J connectivity index is 0.945. The van der Waals surface area contributed by atoms with Gasteiger partial charge in [0.15, 0.2) is 0 Å². The van der Waals surface area contributed by atoms with Gasteiger partial charge in [-0.3, -0.25) is 0 Å². The van der Waals surface area contributed by atoms with Gasteiger partial charge in [-0.1, -0.05) is 281 Å². The fourth-order valence-corrected chi connectivity index (χ4v) is 23.0. The molecule has 14 aromatic rings. The molecule has 0 unspecified atom stereocenters. The van der Waals surface area contributed by atoms with E-state index in [4.69, 9.17) is 0 Å². The first kappa shape index (κ1) is 110. The highest BCUT2D eigenvalue weighted by Crippen LogP contribution is 2.58. The summed E-state index contributed by atoms with van der Waals surface area (Å²) in [6, 6.07) is 110. The maximum Gasteiger partial charge on any atom is 0.139 e. The Morgan fingerprint density at radius 2 is 0.327 bits per heavy atom. The Morgan fingerprint density at radius 1 is 0.153 bits per heavy atom. The molecule has 0 aliphatic heterocycles. The van der Waals surface area contributed by atoms with Crippen LogP contribution < -0.4 is 49.0 Å². The Labute approximate surface area is 899 Å². The highest BCUT2D eigenvalue weighted by Gasteiger charge is 2.38. The van der Waals surface area contributed by atoms with E-state index in [9.17, 15) is 20.4 Å². The first-order chi connectivity index (χ1) is 73.5. The van der Waals surface area contributed by atoms with Crippen LogP contribution >= 0.6 is 0 Å². The quantitative estimate of drug-likeness (QED) is 0.0290. The lowest BCUT2D eigenvalue weighted by Gasteiger charge is -2.34. The van der Waals surface area contributed by atoms with Crippen LogP contribution in [0.25, 0.3) is 100 Å². The minimum Gasteiger partial charge on any atom is -0.507 e. The van der Waals surface area contributed by atoms with E-state index in [2.05, 4.69) is 427 Å². The third-order valence-electron chi connectivity index (χ3n) is 29.1. The van der Waals surface area contributed by atoms with Gasteiger partial charge in [-0.05, 0) is 269 Å². The second kappa shape index (κ2) is 53.8. The Morgan fingerprint density at radius 3 is 0.487 bits per heavy atom. The largest absolute Gasteiger partial charge is 0.507 e. The molecule has 14 nitrogen and oxygen atoms in total. The number of hydrogen-bond acceptors (Lipinski definition) is 14. The van der Waals surface area contributed by atoms with E-state index in [0.717, 1.165) is 297 Å². The van der Waals surface area contributed by atoms with Crippen LogP contribution in [0.1, 0.15) is 225 Å². The van der Waals surface area contributed by atoms with Gasteiger partial charge >= 0.3 is 0 Å². The molecule has 14 heteroatoms. The molecule has 4 N–H and O–H groups in total. The molecular formula is C136H166N10O4. The second-order valence-corrected chi connectivity index (χ2v) is 40.5. The fraction of sp³-hybridized carbons (Fsp3) is 0.353. The summed E-state index contributed by atoms with van der Waals surface area (Å²) in [4.78, 5) is 25.3. The lowest BCUT2D eigenvalue weighted by atomic mass is 9.83. The summed E-state index contributed by atoms with van der Waals surface area (Å²) in [5.41, 5.74) is 32.3. The average molecular weight is 2000 g/mol. The van der Waals surface area contributed by atoms with E-state index in [1.54, 1.807) is 12.1 Å². The lowest BCUT2D eigenvalue weighted by Crippen LogP contribution is -2.28. The van der Waals surface area contributed by atoms with Crippen molar-refractivity contribution in [3.63, 3.8) is 0 Å². The molecule has 0 heterocycles. The van der Waals surface area contributed by atoms with Crippen molar-refractivity contribution in [2.75, 3.05) is 154 Å². The van der Waals surface area contributed by atoms with Gasteiger partial charge in [0.2, 0.25) is 0 Å². The number of allylic oxidation sites excluding steroid dienone is 2. The number of rotatable bonds is 56. The van der Waals surface area contributed by atoms with Crippen molar-refractivity contribution in [1.29, 1.82) is 0 Å². The molecule has 150 heavy (non-hydrogen) atoms. The van der Waals surface area contributed by atoms with Crippen LogP contribution in [0.4, 0.5) is 79.6 Å². The number of aliphatic hydroxyl groups excluding tert-OH is 2. The molecule has 0 aromatic heterocycles. The highest BCUT2D eigenvalue weighted by atomic mass is 16.3. The number of phenols is 2. The van der Waals surface area contributed by atoms with E-state index >= 15 is 0 Å². The zero-order chi connectivity index (χ0) is 106. The van der Waals surface area contributed by atoms with Gasteiger partial charge in [0, 0.05) is 229 Å². The number of nitrogens with zero attached hydrogens (tertiary/aromatic N) is 10. The third kappa shape index (κ3) is 24.3. The van der Waals surface area contributed by atoms with Crippen molar-refractivity contribution in [3.8, 4) is 101 Å². The minimum absolute atomic E-state index is 0.0636. The van der Waals surface area contributed by atoms with E-state index in [1.807, 2.05) is 24.3 Å². The highest BCUT2D eigenvalue weighted by molar-refractivity contribution is 6.10. The standard InChI is InChI=1S/C136H166N10O4/c1-17-77-137(78-18-2)119-57-45-58-120(138(79-19-3)80-20-4)129(119)103-65-73-115(111(93-103)99-49-37-33-38-50-99)145(116-74-66-104(94-112(116)100-51-39-34-40-52-100)130-121(139(81-21-5)82-22-6)59-46-60-122(130)140(83-23-7)84-24-8)107-69-71-109(127(147)97-107)133-135(149)134(136(133)150)110-72-70-108(98-128(110)148)146(117-75-67-105(95-113(117)101-53-41-35-42-54-101)131-123(141(85-25-9)86-26-10)61-47-62-124(131)142(87-27-11)88-28-12)118-76-68-106(96-114(118)102-55-43-36-44-56-102)132-125(143(89-29-13)90-30-14)63-48-64-126(132)144(91-31-15)92-32-16/h33-76,93-98,147-150H,17-32,77-92H2,1-16H3. The van der Waals surface area contributed by atoms with E-state index < -0.39 is 0 Å². The fourth-order valence-electron chi connectivity index (χ4n) is 23.0. The van der Waals surface area contributed by atoms with Crippen molar-refractivity contribution >= 4 is 90.8 Å². The molecule has 0 bridgehead atoms. The van der Waals surface area contributed by atoms with E-state index in [-0.39, 0.29) is 45.3 Å². The SMILES string of the molecule is CCCN(CCC)c1cccc(N(CCC)CCC)c1-c1ccc(N(c2ccc(C3=C(O)C(c4ccc(N(c5ccc(-c6c(N(CCC)CCC)cccc6N(CCC)CCC)cc5-c5ccccc5)c5ccc(-c6c(N(CCC)CCC)cccc6N(CCC)CCC)cc5-c5ccccc5)cc4O)=C3O)c(O)c2)c2ccc(-c3c(N(CCC)CCC)cccc3N(CCC)CCC)cc2-c2ccccc2)c(-c2ccccc2)c1. The second-order valence-electron chi connectivity index (χ2n) is 40.5. The van der Waals surface area contributed by atoms with Crippen LogP contribution in [0.15, 0.2) is 315 Å². The lowest BCUT2D eigenvalue weighted by molar-refractivity contribution is 0.386. The van der Waals surface area contributed by atoms with Gasteiger partial charge < -0.3 is 69.4 Å². The van der Waals surface area contributed by atoms with Crippen molar-refractivity contribution in [2.45, 2.75) is 214 Å². The number of aliphatic hydroxyl groups is 2. The summed E-state index contributed by atoms with van der Waals surface area (Å²) in [6.45, 7) is 51.1. The van der Waals surface area contributed by atoms with Gasteiger partial charge in [0.05, 0.1) is 33.9 Å². The Hall–Kier alpha value is -14.2. The molecule has 0 amide bonds. The topological polar surface area (TPSA) is 113 Å². The molecule has 0 fully saturated rings. The van der Waals surface area contributed by atoms with Crippen LogP contribution in [0.5, 0.6) is 11.5 Å². The van der Waals surface area contributed by atoms with Crippen molar-refractivity contribution in [2.24, 2.45) is 0 Å². The van der Waals surface area contributed by atoms with E-state index in [1.165, 1.54) is 67.8 Å². The van der Waals surface area contributed by atoms with Crippen LogP contribution in [0, 0.1) is 0 Å².